The minimum absolute atomic E-state index is 0.119. The molecule has 1 aromatic carbocycles. The highest BCUT2D eigenvalue weighted by Crippen LogP contribution is 2.23. The van der Waals surface area contributed by atoms with Gasteiger partial charge in [0, 0.05) is 24.4 Å². The molecule has 2 rings (SSSR count). The van der Waals surface area contributed by atoms with Gasteiger partial charge in [0.2, 0.25) is 11.8 Å². The summed E-state index contributed by atoms with van der Waals surface area (Å²) in [6.07, 6.45) is 0.549. The fraction of sp³-hybridized carbons (Fsp3) is 0.429. The average Bonchev–Trinajstić information content (AvgIpc) is 2.81. The van der Waals surface area contributed by atoms with Gasteiger partial charge < -0.3 is 20.7 Å². The second-order valence-electron chi connectivity index (χ2n) is 4.88. The molecule has 1 aromatic rings. The van der Waals surface area contributed by atoms with E-state index in [9.17, 15) is 9.59 Å². The molecule has 7 heteroatoms. The lowest BCUT2D eigenvalue weighted by Crippen LogP contribution is -2.49. The van der Waals surface area contributed by atoms with Crippen LogP contribution in [0.1, 0.15) is 6.42 Å². The van der Waals surface area contributed by atoms with Crippen LogP contribution in [0.25, 0.3) is 0 Å². The van der Waals surface area contributed by atoms with E-state index < -0.39 is 12.1 Å². The Morgan fingerprint density at radius 2 is 2.19 bits per heavy atom. The summed E-state index contributed by atoms with van der Waals surface area (Å²) < 4.78 is 4.82. The van der Waals surface area contributed by atoms with Crippen LogP contribution in [0.15, 0.2) is 24.3 Å². The SMILES string of the molecule is COCC(N)C(=O)NC1CCN(c2ccc(Cl)cc2)C1=O. The number of methoxy groups -OCH3 is 1. The maximum absolute atomic E-state index is 12.3. The molecule has 1 aliphatic heterocycles. The van der Waals surface area contributed by atoms with Crippen molar-refractivity contribution in [2.24, 2.45) is 5.73 Å². The Morgan fingerprint density at radius 3 is 2.81 bits per heavy atom. The number of benzene rings is 1. The Morgan fingerprint density at radius 1 is 1.52 bits per heavy atom. The van der Waals surface area contributed by atoms with Crippen molar-refractivity contribution in [1.29, 1.82) is 0 Å². The van der Waals surface area contributed by atoms with Crippen molar-refractivity contribution < 1.29 is 14.3 Å². The van der Waals surface area contributed by atoms with Crippen LogP contribution in [-0.4, -0.2) is 44.2 Å². The van der Waals surface area contributed by atoms with E-state index in [1.165, 1.54) is 7.11 Å². The number of anilines is 1. The summed E-state index contributed by atoms with van der Waals surface area (Å²) in [5.41, 5.74) is 6.40. The zero-order chi connectivity index (χ0) is 15.4. The molecule has 3 N–H and O–H groups in total. The first-order chi connectivity index (χ1) is 10.0. The Labute approximate surface area is 128 Å². The lowest BCUT2D eigenvalue weighted by Gasteiger charge is -2.18. The van der Waals surface area contributed by atoms with Crippen LogP contribution >= 0.6 is 11.6 Å². The van der Waals surface area contributed by atoms with Crippen molar-refractivity contribution in [2.75, 3.05) is 25.2 Å². The van der Waals surface area contributed by atoms with Crippen LogP contribution in [0.4, 0.5) is 5.69 Å². The molecule has 21 heavy (non-hydrogen) atoms. The predicted octanol–water partition coefficient (Wildman–Crippen LogP) is 0.535. The zero-order valence-corrected chi connectivity index (χ0v) is 12.5. The Balaban J connectivity index is 1.98. The smallest absolute Gasteiger partial charge is 0.249 e. The molecule has 6 nitrogen and oxygen atoms in total. The van der Waals surface area contributed by atoms with E-state index in [1.54, 1.807) is 29.2 Å². The number of hydrogen-bond donors (Lipinski definition) is 2. The minimum Gasteiger partial charge on any atom is -0.383 e. The third kappa shape index (κ3) is 3.72. The van der Waals surface area contributed by atoms with Crippen molar-refractivity contribution in [2.45, 2.75) is 18.5 Å². The maximum Gasteiger partial charge on any atom is 0.249 e. The number of nitrogens with zero attached hydrogens (tertiary/aromatic N) is 1. The van der Waals surface area contributed by atoms with Crippen LogP contribution in [0.3, 0.4) is 0 Å². The molecule has 0 saturated carbocycles. The van der Waals surface area contributed by atoms with Crippen molar-refractivity contribution in [3.8, 4) is 0 Å². The fourth-order valence-electron chi connectivity index (χ4n) is 2.23. The molecule has 2 unspecified atom stereocenters. The first-order valence-corrected chi connectivity index (χ1v) is 7.02. The molecule has 1 fully saturated rings. The monoisotopic (exact) mass is 311 g/mol. The zero-order valence-electron chi connectivity index (χ0n) is 11.7. The summed E-state index contributed by atoms with van der Waals surface area (Å²) in [5, 5.41) is 3.27. The van der Waals surface area contributed by atoms with Crippen LogP contribution in [-0.2, 0) is 14.3 Å². The Bertz CT molecular complexity index is 521. The molecular weight excluding hydrogens is 294 g/mol. The van der Waals surface area contributed by atoms with Gasteiger partial charge in [0.25, 0.3) is 0 Å². The Kier molecular flexibility index (Phi) is 5.17. The number of hydrogen-bond acceptors (Lipinski definition) is 4. The number of amides is 2. The van der Waals surface area contributed by atoms with E-state index in [-0.39, 0.29) is 18.4 Å². The van der Waals surface area contributed by atoms with Gasteiger partial charge in [-0.1, -0.05) is 11.6 Å². The number of halogens is 1. The number of nitrogens with one attached hydrogen (secondary N) is 1. The molecule has 0 aromatic heterocycles. The highest BCUT2D eigenvalue weighted by molar-refractivity contribution is 6.30. The predicted molar refractivity (Wildman–Crippen MR) is 80.2 cm³/mol. The molecule has 0 spiro atoms. The second-order valence-corrected chi connectivity index (χ2v) is 5.31. The summed E-state index contributed by atoms with van der Waals surface area (Å²) in [6, 6.07) is 5.70. The number of rotatable bonds is 5. The van der Waals surface area contributed by atoms with Crippen LogP contribution in [0.2, 0.25) is 5.02 Å². The second kappa shape index (κ2) is 6.89. The molecule has 0 aliphatic carbocycles. The largest absolute Gasteiger partial charge is 0.383 e. The molecule has 114 valence electrons. The maximum atomic E-state index is 12.3. The summed E-state index contributed by atoms with van der Waals surface area (Å²) in [7, 11) is 1.47. The van der Waals surface area contributed by atoms with E-state index in [0.29, 0.717) is 18.0 Å². The van der Waals surface area contributed by atoms with Gasteiger partial charge in [-0.3, -0.25) is 9.59 Å². The molecule has 2 atom stereocenters. The van der Waals surface area contributed by atoms with Crippen LogP contribution < -0.4 is 16.0 Å². The summed E-state index contributed by atoms with van der Waals surface area (Å²) in [4.78, 5) is 25.8. The number of carbonyl (C=O) groups is 2. The van der Waals surface area contributed by atoms with Gasteiger partial charge in [0.15, 0.2) is 0 Å². The summed E-state index contributed by atoms with van der Waals surface area (Å²) in [6.45, 7) is 0.665. The average molecular weight is 312 g/mol. The quantitative estimate of drug-likeness (QED) is 0.831. The number of ether oxygens (including phenoxy) is 1. The first kappa shape index (κ1) is 15.8. The standard InChI is InChI=1S/C14H18ClN3O3/c1-21-8-11(16)13(19)17-12-6-7-18(14(12)20)10-4-2-9(15)3-5-10/h2-5,11-12H,6-8,16H2,1H3,(H,17,19). The molecule has 0 bridgehead atoms. The highest BCUT2D eigenvalue weighted by Gasteiger charge is 2.34. The topological polar surface area (TPSA) is 84.7 Å². The van der Waals surface area contributed by atoms with E-state index in [4.69, 9.17) is 22.1 Å². The Hall–Kier alpha value is -1.63. The highest BCUT2D eigenvalue weighted by atomic mass is 35.5. The molecule has 1 heterocycles. The van der Waals surface area contributed by atoms with Gasteiger partial charge in [0.1, 0.15) is 12.1 Å². The van der Waals surface area contributed by atoms with Crippen molar-refractivity contribution >= 4 is 29.1 Å². The van der Waals surface area contributed by atoms with Gasteiger partial charge in [-0.25, -0.2) is 0 Å². The van der Waals surface area contributed by atoms with Gasteiger partial charge in [-0.05, 0) is 30.7 Å². The molecule has 1 saturated heterocycles. The van der Waals surface area contributed by atoms with Crippen LogP contribution in [0.5, 0.6) is 0 Å². The van der Waals surface area contributed by atoms with Gasteiger partial charge in [0.05, 0.1) is 6.61 Å². The van der Waals surface area contributed by atoms with Crippen LogP contribution in [0, 0.1) is 0 Å². The number of carbonyl (C=O) groups excluding carboxylic acids is 2. The van der Waals surface area contributed by atoms with Gasteiger partial charge >= 0.3 is 0 Å². The molecular formula is C14H18ClN3O3. The van der Waals surface area contributed by atoms with Crippen molar-refractivity contribution in [3.63, 3.8) is 0 Å². The molecule has 0 radical (unpaired) electrons. The van der Waals surface area contributed by atoms with E-state index in [0.717, 1.165) is 5.69 Å². The van der Waals surface area contributed by atoms with Crippen molar-refractivity contribution in [1.82, 2.24) is 5.32 Å². The number of nitrogens with two attached hydrogens (primary N) is 1. The van der Waals surface area contributed by atoms with E-state index in [1.807, 2.05) is 0 Å². The van der Waals surface area contributed by atoms with Gasteiger partial charge in [-0.2, -0.15) is 0 Å². The summed E-state index contributed by atoms with van der Waals surface area (Å²) >= 11 is 5.83. The normalized spacial score (nSPS) is 19.7. The van der Waals surface area contributed by atoms with E-state index >= 15 is 0 Å². The third-order valence-corrected chi connectivity index (χ3v) is 3.60. The lowest BCUT2D eigenvalue weighted by atomic mass is 10.2. The first-order valence-electron chi connectivity index (χ1n) is 6.64. The fourth-order valence-corrected chi connectivity index (χ4v) is 2.35. The van der Waals surface area contributed by atoms with Crippen molar-refractivity contribution in [3.05, 3.63) is 29.3 Å². The summed E-state index contributed by atoms with van der Waals surface area (Å²) in [5.74, 6) is -0.525. The minimum atomic E-state index is -0.771. The molecule has 1 aliphatic rings. The molecule has 2 amide bonds. The lowest BCUT2D eigenvalue weighted by molar-refractivity contribution is -0.128. The van der Waals surface area contributed by atoms with Gasteiger partial charge in [-0.15, -0.1) is 0 Å². The van der Waals surface area contributed by atoms with E-state index in [2.05, 4.69) is 5.32 Å². The third-order valence-electron chi connectivity index (χ3n) is 3.34.